The molecule has 0 saturated carbocycles. The number of para-hydroxylation sites is 1. The van der Waals surface area contributed by atoms with E-state index in [0.29, 0.717) is 5.03 Å². The number of hydrogen-bond acceptors (Lipinski definition) is 5. The number of thioether (sulfide) groups is 1. The van der Waals surface area contributed by atoms with Crippen molar-refractivity contribution in [1.29, 1.82) is 0 Å². The minimum Gasteiger partial charge on any atom is -0.480 e. The number of aromatic nitrogens is 4. The van der Waals surface area contributed by atoms with Crippen LogP contribution in [0, 0.1) is 0 Å². The molecule has 0 unspecified atom stereocenters. The van der Waals surface area contributed by atoms with Crippen LogP contribution in [0.2, 0.25) is 0 Å². The fourth-order valence-electron chi connectivity index (χ4n) is 2.05. The van der Waals surface area contributed by atoms with Crippen LogP contribution in [0.1, 0.15) is 13.8 Å². The van der Waals surface area contributed by atoms with E-state index in [9.17, 15) is 9.90 Å². The number of nitrogens with zero attached hydrogens (tertiary/aromatic N) is 3. The highest BCUT2D eigenvalue weighted by Gasteiger charge is 2.30. The molecule has 2 N–H and O–H groups in total. The summed E-state index contributed by atoms with van der Waals surface area (Å²) in [4.78, 5) is 27.1. The number of benzene rings is 1. The van der Waals surface area contributed by atoms with E-state index in [1.807, 2.05) is 18.2 Å². The van der Waals surface area contributed by atoms with Gasteiger partial charge in [0.05, 0.1) is 17.4 Å². The molecule has 1 aromatic carbocycles. The molecule has 0 spiro atoms. The van der Waals surface area contributed by atoms with Crippen molar-refractivity contribution in [2.24, 2.45) is 0 Å². The van der Waals surface area contributed by atoms with E-state index < -0.39 is 10.7 Å². The summed E-state index contributed by atoms with van der Waals surface area (Å²) in [7, 11) is 0. The average Bonchev–Trinajstić information content (AvgIpc) is 2.95. The summed E-state index contributed by atoms with van der Waals surface area (Å²) in [5.74, 6) is -0.889. The number of rotatable bonds is 4. The van der Waals surface area contributed by atoms with Crippen LogP contribution in [0.3, 0.4) is 0 Å². The third-order valence-corrected chi connectivity index (χ3v) is 4.49. The number of carbonyl (C=O) groups is 1. The summed E-state index contributed by atoms with van der Waals surface area (Å²) in [6.45, 7) is 3.31. The molecule has 0 atom stereocenters. The van der Waals surface area contributed by atoms with Crippen LogP contribution < -0.4 is 0 Å². The standard InChI is InChI=1S/C15H14N4O2S/c1-15(2,14(20)21)22-13-10(6-16-7-19-13)9-4-3-5-11-12(9)18-8-17-11/h3-8H,1-2H3,(H,17,18)(H,20,21). The Morgan fingerprint density at radius 2 is 2.09 bits per heavy atom. The summed E-state index contributed by atoms with van der Waals surface area (Å²) in [5.41, 5.74) is 3.38. The molecule has 7 heteroatoms. The van der Waals surface area contributed by atoms with Crippen molar-refractivity contribution < 1.29 is 9.90 Å². The zero-order chi connectivity index (χ0) is 15.7. The minimum atomic E-state index is -0.984. The molecule has 0 aliphatic heterocycles. The summed E-state index contributed by atoms with van der Waals surface area (Å²) in [5, 5.41) is 9.94. The van der Waals surface area contributed by atoms with Crippen LogP contribution in [-0.2, 0) is 4.79 Å². The molecular weight excluding hydrogens is 300 g/mol. The predicted octanol–water partition coefficient (Wildman–Crippen LogP) is 2.98. The van der Waals surface area contributed by atoms with E-state index >= 15 is 0 Å². The molecule has 0 amide bonds. The number of fused-ring (bicyclic) bond motifs is 1. The lowest BCUT2D eigenvalue weighted by atomic mass is 10.1. The Hall–Kier alpha value is -2.41. The van der Waals surface area contributed by atoms with Crippen molar-refractivity contribution in [3.8, 4) is 11.1 Å². The monoisotopic (exact) mass is 314 g/mol. The number of H-pyrrole nitrogens is 1. The van der Waals surface area contributed by atoms with E-state index in [-0.39, 0.29) is 0 Å². The van der Waals surface area contributed by atoms with Crippen LogP contribution >= 0.6 is 11.8 Å². The van der Waals surface area contributed by atoms with Crippen LogP contribution in [0.15, 0.2) is 42.1 Å². The molecule has 2 aromatic heterocycles. The van der Waals surface area contributed by atoms with Gasteiger partial charge < -0.3 is 10.1 Å². The zero-order valence-corrected chi connectivity index (χ0v) is 12.9. The first-order valence-electron chi connectivity index (χ1n) is 6.64. The van der Waals surface area contributed by atoms with Gasteiger partial charge in [0.1, 0.15) is 16.1 Å². The van der Waals surface area contributed by atoms with Crippen molar-refractivity contribution in [1.82, 2.24) is 19.9 Å². The Balaban J connectivity index is 2.13. The molecule has 0 radical (unpaired) electrons. The minimum absolute atomic E-state index is 0.623. The van der Waals surface area contributed by atoms with Gasteiger partial charge in [-0.2, -0.15) is 0 Å². The average molecular weight is 314 g/mol. The summed E-state index contributed by atoms with van der Waals surface area (Å²) < 4.78 is -0.984. The van der Waals surface area contributed by atoms with E-state index in [1.54, 1.807) is 26.4 Å². The Kier molecular flexibility index (Phi) is 3.58. The molecule has 22 heavy (non-hydrogen) atoms. The van der Waals surface area contributed by atoms with Crippen molar-refractivity contribution in [3.63, 3.8) is 0 Å². The summed E-state index contributed by atoms with van der Waals surface area (Å²) >= 11 is 1.20. The largest absolute Gasteiger partial charge is 0.480 e. The van der Waals surface area contributed by atoms with Crippen LogP contribution in [-0.4, -0.2) is 35.8 Å². The smallest absolute Gasteiger partial charge is 0.319 e. The van der Waals surface area contributed by atoms with Gasteiger partial charge in [0.25, 0.3) is 0 Å². The van der Waals surface area contributed by atoms with Gasteiger partial charge in [-0.3, -0.25) is 4.79 Å². The second kappa shape index (κ2) is 5.42. The maximum Gasteiger partial charge on any atom is 0.319 e. The quantitative estimate of drug-likeness (QED) is 0.568. The summed E-state index contributed by atoms with van der Waals surface area (Å²) in [6.07, 6.45) is 4.75. The first-order chi connectivity index (χ1) is 10.5. The molecule has 2 heterocycles. The second-order valence-corrected chi connectivity index (χ2v) is 6.87. The number of nitrogens with one attached hydrogen (secondary N) is 1. The molecule has 0 saturated heterocycles. The van der Waals surface area contributed by atoms with Gasteiger partial charge in [-0.25, -0.2) is 15.0 Å². The maximum absolute atomic E-state index is 11.4. The van der Waals surface area contributed by atoms with E-state index in [2.05, 4.69) is 19.9 Å². The number of imidazole rings is 1. The molecule has 3 aromatic rings. The van der Waals surface area contributed by atoms with Gasteiger partial charge in [0, 0.05) is 17.3 Å². The van der Waals surface area contributed by atoms with Crippen molar-refractivity contribution in [3.05, 3.63) is 37.1 Å². The SMILES string of the molecule is CC(C)(Sc1ncncc1-c1cccc2[nH]cnc12)C(=O)O. The Bertz CT molecular complexity index is 844. The lowest BCUT2D eigenvalue weighted by molar-refractivity contribution is -0.138. The maximum atomic E-state index is 11.4. The van der Waals surface area contributed by atoms with Gasteiger partial charge in [0.15, 0.2) is 0 Å². The molecule has 0 aliphatic rings. The highest BCUT2D eigenvalue weighted by atomic mass is 32.2. The third kappa shape index (κ3) is 2.55. The lowest BCUT2D eigenvalue weighted by Gasteiger charge is -2.19. The highest BCUT2D eigenvalue weighted by molar-refractivity contribution is 8.01. The Morgan fingerprint density at radius 1 is 1.27 bits per heavy atom. The fourth-order valence-corrected chi connectivity index (χ4v) is 3.00. The topological polar surface area (TPSA) is 91.8 Å². The molecule has 0 aliphatic carbocycles. The van der Waals surface area contributed by atoms with Crippen molar-refractivity contribution in [2.45, 2.75) is 23.6 Å². The zero-order valence-electron chi connectivity index (χ0n) is 12.1. The predicted molar refractivity (Wildman–Crippen MR) is 84.7 cm³/mol. The normalized spacial score (nSPS) is 11.7. The first kappa shape index (κ1) is 14.5. The fraction of sp³-hybridized carbons (Fsp3) is 0.200. The molecular formula is C15H14N4O2S. The second-order valence-electron chi connectivity index (χ2n) is 5.26. The Morgan fingerprint density at radius 3 is 2.86 bits per heavy atom. The lowest BCUT2D eigenvalue weighted by Crippen LogP contribution is -2.27. The van der Waals surface area contributed by atoms with Crippen molar-refractivity contribution >= 4 is 28.8 Å². The van der Waals surface area contributed by atoms with Gasteiger partial charge in [-0.1, -0.05) is 23.9 Å². The van der Waals surface area contributed by atoms with Crippen LogP contribution in [0.5, 0.6) is 0 Å². The molecule has 6 nitrogen and oxygen atoms in total. The highest BCUT2D eigenvalue weighted by Crippen LogP contribution is 2.38. The summed E-state index contributed by atoms with van der Waals surface area (Å²) in [6, 6.07) is 5.78. The molecule has 0 bridgehead atoms. The van der Waals surface area contributed by atoms with Gasteiger partial charge >= 0.3 is 5.97 Å². The number of carboxylic acid groups (broad SMARTS) is 1. The molecule has 112 valence electrons. The van der Waals surface area contributed by atoms with E-state index in [0.717, 1.165) is 22.2 Å². The van der Waals surface area contributed by atoms with Gasteiger partial charge in [0.2, 0.25) is 0 Å². The van der Waals surface area contributed by atoms with Crippen LogP contribution in [0.4, 0.5) is 0 Å². The Labute approximate surface area is 131 Å². The number of aromatic amines is 1. The van der Waals surface area contributed by atoms with E-state index in [1.165, 1.54) is 18.1 Å². The number of aliphatic carboxylic acids is 1. The van der Waals surface area contributed by atoms with Crippen molar-refractivity contribution in [2.75, 3.05) is 0 Å². The molecule has 0 fully saturated rings. The first-order valence-corrected chi connectivity index (χ1v) is 7.45. The van der Waals surface area contributed by atoms with E-state index in [4.69, 9.17) is 0 Å². The molecule has 3 rings (SSSR count). The van der Waals surface area contributed by atoms with Crippen LogP contribution in [0.25, 0.3) is 22.2 Å². The number of carboxylic acids is 1. The third-order valence-electron chi connectivity index (χ3n) is 3.28. The number of hydrogen-bond donors (Lipinski definition) is 2. The van der Waals surface area contributed by atoms with Gasteiger partial charge in [-0.05, 0) is 19.9 Å². The van der Waals surface area contributed by atoms with Gasteiger partial charge in [-0.15, -0.1) is 0 Å².